The maximum absolute atomic E-state index is 12.7. The SMILES string of the molecule is CN(C)CCCN(C)c1cc(C(F)(F)F)cc(Cl)n1. The monoisotopic (exact) mass is 295 g/mol. The lowest BCUT2D eigenvalue weighted by Gasteiger charge is -2.20. The summed E-state index contributed by atoms with van der Waals surface area (Å²) in [6.07, 6.45) is -3.58. The Morgan fingerprint density at radius 1 is 1.16 bits per heavy atom. The second-order valence-corrected chi connectivity index (χ2v) is 5.00. The van der Waals surface area contributed by atoms with E-state index in [1.165, 1.54) is 0 Å². The van der Waals surface area contributed by atoms with Gasteiger partial charge in [0.25, 0.3) is 0 Å². The van der Waals surface area contributed by atoms with Crippen molar-refractivity contribution in [3.8, 4) is 0 Å². The molecule has 0 fully saturated rings. The van der Waals surface area contributed by atoms with E-state index in [1.54, 1.807) is 11.9 Å². The number of hydrogen-bond acceptors (Lipinski definition) is 3. The van der Waals surface area contributed by atoms with Crippen LogP contribution in [0.3, 0.4) is 0 Å². The lowest BCUT2D eigenvalue weighted by Crippen LogP contribution is -2.24. The molecule has 0 aromatic carbocycles. The Kier molecular flexibility index (Phi) is 5.43. The number of halogens is 4. The molecule has 0 saturated heterocycles. The van der Waals surface area contributed by atoms with Crippen molar-refractivity contribution in [2.24, 2.45) is 0 Å². The third-order valence-electron chi connectivity index (χ3n) is 2.60. The first-order valence-electron chi connectivity index (χ1n) is 5.81. The molecule has 1 aromatic rings. The van der Waals surface area contributed by atoms with Crippen LogP contribution in [0.2, 0.25) is 5.15 Å². The van der Waals surface area contributed by atoms with Crippen molar-refractivity contribution in [2.75, 3.05) is 39.1 Å². The first kappa shape index (κ1) is 16.0. The number of hydrogen-bond donors (Lipinski definition) is 0. The third-order valence-corrected chi connectivity index (χ3v) is 2.79. The van der Waals surface area contributed by atoms with Gasteiger partial charge in [-0.15, -0.1) is 0 Å². The fourth-order valence-corrected chi connectivity index (χ4v) is 1.79. The summed E-state index contributed by atoms with van der Waals surface area (Å²) in [4.78, 5) is 7.61. The van der Waals surface area contributed by atoms with Crippen LogP contribution in [0.15, 0.2) is 12.1 Å². The second kappa shape index (κ2) is 6.43. The highest BCUT2D eigenvalue weighted by Gasteiger charge is 2.31. The fraction of sp³-hybridized carbons (Fsp3) is 0.583. The van der Waals surface area contributed by atoms with Crippen molar-refractivity contribution in [1.82, 2.24) is 9.88 Å². The molecule has 7 heteroatoms. The predicted octanol–water partition coefficient (Wildman–Crippen LogP) is 3.14. The molecule has 19 heavy (non-hydrogen) atoms. The molecule has 0 atom stereocenters. The molecule has 0 spiro atoms. The normalized spacial score (nSPS) is 12.0. The molecule has 1 aromatic heterocycles. The van der Waals surface area contributed by atoms with E-state index >= 15 is 0 Å². The summed E-state index contributed by atoms with van der Waals surface area (Å²) in [6, 6.07) is 1.85. The number of rotatable bonds is 5. The molecular weight excluding hydrogens is 279 g/mol. The van der Waals surface area contributed by atoms with Gasteiger partial charge in [-0.2, -0.15) is 13.2 Å². The van der Waals surface area contributed by atoms with Crippen molar-refractivity contribution in [1.29, 1.82) is 0 Å². The van der Waals surface area contributed by atoms with Crippen molar-refractivity contribution < 1.29 is 13.2 Å². The largest absolute Gasteiger partial charge is 0.416 e. The molecule has 1 heterocycles. The molecule has 1 rings (SSSR count). The average Bonchev–Trinajstić information content (AvgIpc) is 2.26. The van der Waals surface area contributed by atoms with Crippen LogP contribution in [-0.2, 0) is 6.18 Å². The predicted molar refractivity (Wildman–Crippen MR) is 70.7 cm³/mol. The number of pyridine rings is 1. The van der Waals surface area contributed by atoms with Gasteiger partial charge in [0.1, 0.15) is 11.0 Å². The van der Waals surface area contributed by atoms with Crippen LogP contribution in [0.25, 0.3) is 0 Å². The van der Waals surface area contributed by atoms with E-state index in [9.17, 15) is 13.2 Å². The summed E-state index contributed by atoms with van der Waals surface area (Å²) in [5.41, 5.74) is -0.776. The minimum Gasteiger partial charge on any atom is -0.360 e. The maximum Gasteiger partial charge on any atom is 0.416 e. The van der Waals surface area contributed by atoms with Crippen LogP contribution in [-0.4, -0.2) is 44.1 Å². The van der Waals surface area contributed by atoms with Gasteiger partial charge in [-0.3, -0.25) is 0 Å². The maximum atomic E-state index is 12.7. The average molecular weight is 296 g/mol. The summed E-state index contributed by atoms with van der Waals surface area (Å²) in [5, 5.41) is -0.149. The van der Waals surface area contributed by atoms with Gasteiger partial charge >= 0.3 is 6.18 Å². The number of aromatic nitrogens is 1. The van der Waals surface area contributed by atoms with E-state index in [4.69, 9.17) is 11.6 Å². The molecule has 108 valence electrons. The van der Waals surface area contributed by atoms with E-state index < -0.39 is 11.7 Å². The lowest BCUT2D eigenvalue weighted by molar-refractivity contribution is -0.137. The highest BCUT2D eigenvalue weighted by Crippen LogP contribution is 2.32. The smallest absolute Gasteiger partial charge is 0.360 e. The van der Waals surface area contributed by atoms with Crippen LogP contribution in [0, 0.1) is 0 Å². The summed E-state index contributed by atoms with van der Waals surface area (Å²) in [6.45, 7) is 1.47. The van der Waals surface area contributed by atoms with Crippen molar-refractivity contribution in [2.45, 2.75) is 12.6 Å². The number of anilines is 1. The number of nitrogens with zero attached hydrogens (tertiary/aromatic N) is 3. The van der Waals surface area contributed by atoms with E-state index in [1.807, 2.05) is 19.0 Å². The highest BCUT2D eigenvalue weighted by atomic mass is 35.5. The second-order valence-electron chi connectivity index (χ2n) is 4.61. The van der Waals surface area contributed by atoms with Gasteiger partial charge in [-0.1, -0.05) is 11.6 Å². The van der Waals surface area contributed by atoms with Gasteiger partial charge in [0.05, 0.1) is 5.56 Å². The van der Waals surface area contributed by atoms with Crippen molar-refractivity contribution >= 4 is 17.4 Å². The summed E-state index contributed by atoms with van der Waals surface area (Å²) >= 11 is 5.64. The molecule has 0 saturated carbocycles. The Morgan fingerprint density at radius 2 is 1.79 bits per heavy atom. The van der Waals surface area contributed by atoms with E-state index in [-0.39, 0.29) is 11.0 Å². The van der Waals surface area contributed by atoms with Crippen LogP contribution in [0.5, 0.6) is 0 Å². The Hall–Kier alpha value is -1.01. The standard InChI is InChI=1S/C12H17ClF3N3/c1-18(2)5-4-6-19(3)11-8-9(12(14,15)16)7-10(13)17-11/h7-8H,4-6H2,1-3H3. The first-order chi connectivity index (χ1) is 8.70. The molecule has 0 unspecified atom stereocenters. The van der Waals surface area contributed by atoms with Crippen molar-refractivity contribution in [3.05, 3.63) is 22.8 Å². The minimum atomic E-state index is -4.41. The Balaban J connectivity index is 2.79. The number of alkyl halides is 3. The zero-order chi connectivity index (χ0) is 14.6. The fourth-order valence-electron chi connectivity index (χ4n) is 1.58. The molecule has 0 aliphatic heterocycles. The van der Waals surface area contributed by atoms with E-state index in [2.05, 4.69) is 4.98 Å². The van der Waals surface area contributed by atoms with Crippen LogP contribution in [0.1, 0.15) is 12.0 Å². The van der Waals surface area contributed by atoms with Gasteiger partial charge in [-0.05, 0) is 39.2 Å². The topological polar surface area (TPSA) is 19.4 Å². The van der Waals surface area contributed by atoms with Crippen LogP contribution in [0.4, 0.5) is 19.0 Å². The van der Waals surface area contributed by atoms with Gasteiger partial charge in [-0.25, -0.2) is 4.98 Å². The van der Waals surface area contributed by atoms with Gasteiger partial charge < -0.3 is 9.80 Å². The summed E-state index contributed by atoms with van der Waals surface area (Å²) in [7, 11) is 5.59. The van der Waals surface area contributed by atoms with Crippen LogP contribution >= 0.6 is 11.6 Å². The molecule has 0 N–H and O–H groups in total. The molecule has 0 bridgehead atoms. The first-order valence-corrected chi connectivity index (χ1v) is 6.18. The molecular formula is C12H17ClF3N3. The minimum absolute atomic E-state index is 0.149. The molecule has 0 radical (unpaired) electrons. The summed E-state index contributed by atoms with van der Waals surface area (Å²) in [5.74, 6) is 0.235. The Morgan fingerprint density at radius 3 is 2.32 bits per heavy atom. The molecule has 0 aliphatic rings. The molecule has 0 aliphatic carbocycles. The van der Waals surface area contributed by atoms with Gasteiger partial charge in [0, 0.05) is 13.6 Å². The van der Waals surface area contributed by atoms with Crippen LogP contribution < -0.4 is 4.90 Å². The Labute approximate surface area is 116 Å². The summed E-state index contributed by atoms with van der Waals surface area (Å²) < 4.78 is 38.0. The van der Waals surface area contributed by atoms with E-state index in [0.29, 0.717) is 6.54 Å². The van der Waals surface area contributed by atoms with E-state index in [0.717, 1.165) is 25.1 Å². The quantitative estimate of drug-likeness (QED) is 0.778. The van der Waals surface area contributed by atoms with Gasteiger partial charge in [0.15, 0.2) is 0 Å². The highest BCUT2D eigenvalue weighted by molar-refractivity contribution is 6.29. The molecule has 3 nitrogen and oxygen atoms in total. The molecule has 0 amide bonds. The lowest BCUT2D eigenvalue weighted by atomic mass is 10.2. The third kappa shape index (κ3) is 5.24. The Bertz CT molecular complexity index is 421. The zero-order valence-electron chi connectivity index (χ0n) is 11.1. The van der Waals surface area contributed by atoms with Crippen molar-refractivity contribution in [3.63, 3.8) is 0 Å². The van der Waals surface area contributed by atoms with Gasteiger partial charge in [0.2, 0.25) is 0 Å². The zero-order valence-corrected chi connectivity index (χ0v) is 11.9.